The number of halogens is 1. The molecule has 7 nitrogen and oxygen atoms in total. The number of carbonyl (C=O) groups excluding carboxylic acids is 3. The van der Waals surface area contributed by atoms with Gasteiger partial charge in [-0.25, -0.2) is 0 Å². The van der Waals surface area contributed by atoms with Gasteiger partial charge in [0.25, 0.3) is 5.91 Å². The topological polar surface area (TPSA) is 87.7 Å². The number of thiocarbonyl (C=S) groups is 1. The monoisotopic (exact) mass is 397 g/mol. The molecule has 140 valence electrons. The lowest BCUT2D eigenvalue weighted by atomic mass is 10.1. The zero-order valence-electron chi connectivity index (χ0n) is 14.5. The minimum absolute atomic E-state index is 0.0761. The van der Waals surface area contributed by atoms with Crippen molar-refractivity contribution in [3.63, 3.8) is 0 Å². The summed E-state index contributed by atoms with van der Waals surface area (Å²) in [6.07, 6.45) is -0.436. The molecule has 2 amide bonds. The quantitative estimate of drug-likeness (QED) is 0.591. The van der Waals surface area contributed by atoms with Gasteiger partial charge in [-0.2, -0.15) is 0 Å². The van der Waals surface area contributed by atoms with Crippen LogP contribution in [0.2, 0.25) is 5.02 Å². The Hall–Kier alpha value is -2.19. The van der Waals surface area contributed by atoms with Crippen LogP contribution in [0.15, 0.2) is 24.3 Å². The third-order valence-electron chi connectivity index (χ3n) is 3.63. The Labute approximate surface area is 162 Å². The lowest BCUT2D eigenvalue weighted by Crippen LogP contribution is -2.60. The van der Waals surface area contributed by atoms with Gasteiger partial charge in [0.2, 0.25) is 5.91 Å². The Kier molecular flexibility index (Phi) is 6.93. The summed E-state index contributed by atoms with van der Waals surface area (Å²) < 4.78 is 5.10. The first-order valence-electron chi connectivity index (χ1n) is 8.12. The summed E-state index contributed by atoms with van der Waals surface area (Å²) in [6, 6.07) is 5.59. The minimum atomic E-state index is -0.831. The molecule has 0 bridgehead atoms. The van der Waals surface area contributed by atoms with Crippen molar-refractivity contribution < 1.29 is 19.1 Å². The molecule has 1 aromatic carbocycles. The molecule has 0 aliphatic carbocycles. The van der Waals surface area contributed by atoms with Crippen molar-refractivity contribution in [1.29, 1.82) is 0 Å². The molecule has 1 aliphatic heterocycles. The lowest BCUT2D eigenvalue weighted by molar-refractivity contribution is -0.150. The van der Waals surface area contributed by atoms with E-state index < -0.39 is 17.9 Å². The maximum atomic E-state index is 12.3. The summed E-state index contributed by atoms with van der Waals surface area (Å²) in [6.45, 7) is 4.20. The van der Waals surface area contributed by atoms with Crippen LogP contribution in [-0.4, -0.2) is 53.0 Å². The van der Waals surface area contributed by atoms with Crippen molar-refractivity contribution in [3.8, 4) is 0 Å². The van der Waals surface area contributed by atoms with Gasteiger partial charge in [-0.15, -0.1) is 0 Å². The van der Waals surface area contributed by atoms with Crippen molar-refractivity contribution in [3.05, 3.63) is 34.9 Å². The minimum Gasteiger partial charge on any atom is -0.463 e. The molecule has 0 spiro atoms. The van der Waals surface area contributed by atoms with E-state index in [2.05, 4.69) is 10.6 Å². The number of nitrogens with zero attached hydrogens (tertiary/aromatic N) is 1. The third kappa shape index (κ3) is 5.40. The van der Waals surface area contributed by atoms with E-state index in [1.54, 1.807) is 32.0 Å². The van der Waals surface area contributed by atoms with E-state index in [9.17, 15) is 14.4 Å². The van der Waals surface area contributed by atoms with Crippen LogP contribution in [0.4, 0.5) is 0 Å². The molecule has 1 saturated heterocycles. The van der Waals surface area contributed by atoms with Crippen LogP contribution in [0.5, 0.6) is 0 Å². The first-order valence-corrected chi connectivity index (χ1v) is 8.91. The van der Waals surface area contributed by atoms with E-state index >= 15 is 0 Å². The van der Waals surface area contributed by atoms with Crippen LogP contribution in [0.1, 0.15) is 30.6 Å². The van der Waals surface area contributed by atoms with Gasteiger partial charge in [-0.05, 0) is 44.3 Å². The van der Waals surface area contributed by atoms with Gasteiger partial charge in [-0.3, -0.25) is 19.7 Å². The lowest BCUT2D eigenvalue weighted by Gasteiger charge is -2.36. The third-order valence-corrected chi connectivity index (χ3v) is 4.20. The number of carbonyl (C=O) groups is 3. The maximum Gasteiger partial charge on any atom is 0.308 e. The molecule has 1 atom stereocenters. The molecular weight excluding hydrogens is 378 g/mol. The number of esters is 1. The van der Waals surface area contributed by atoms with Gasteiger partial charge in [0.15, 0.2) is 5.11 Å². The van der Waals surface area contributed by atoms with Crippen molar-refractivity contribution in [2.24, 2.45) is 0 Å². The Morgan fingerprint density at radius 1 is 1.46 bits per heavy atom. The average molecular weight is 398 g/mol. The Morgan fingerprint density at radius 2 is 2.19 bits per heavy atom. The van der Waals surface area contributed by atoms with Crippen LogP contribution < -0.4 is 10.6 Å². The molecular formula is C17H20ClN3O4S. The highest BCUT2D eigenvalue weighted by Crippen LogP contribution is 2.13. The molecule has 1 fully saturated rings. The Morgan fingerprint density at radius 3 is 2.85 bits per heavy atom. The summed E-state index contributed by atoms with van der Waals surface area (Å²) >= 11 is 11.2. The van der Waals surface area contributed by atoms with E-state index in [-0.39, 0.29) is 23.5 Å². The Balaban J connectivity index is 2.07. The number of rotatable bonds is 4. The van der Waals surface area contributed by atoms with Gasteiger partial charge >= 0.3 is 5.97 Å². The van der Waals surface area contributed by atoms with Crippen LogP contribution in [-0.2, 0) is 14.3 Å². The smallest absolute Gasteiger partial charge is 0.308 e. The van der Waals surface area contributed by atoms with Gasteiger partial charge in [0, 0.05) is 23.7 Å². The molecule has 0 unspecified atom stereocenters. The SMILES string of the molecule is CC(C)OC(=O)C[C@@H]1C(=O)NCCN1C(=S)NC(=O)c1cccc(Cl)c1. The van der Waals surface area contributed by atoms with Crippen LogP contribution >= 0.6 is 23.8 Å². The number of hydrogen-bond acceptors (Lipinski definition) is 5. The molecule has 0 radical (unpaired) electrons. The zero-order chi connectivity index (χ0) is 19.3. The van der Waals surface area contributed by atoms with E-state index in [4.69, 9.17) is 28.6 Å². The highest BCUT2D eigenvalue weighted by atomic mass is 35.5. The second kappa shape index (κ2) is 8.95. The van der Waals surface area contributed by atoms with Crippen LogP contribution in [0.3, 0.4) is 0 Å². The number of amides is 2. The molecule has 2 N–H and O–H groups in total. The van der Waals surface area contributed by atoms with Gasteiger partial charge in [0.1, 0.15) is 6.04 Å². The predicted molar refractivity (Wildman–Crippen MR) is 101 cm³/mol. The van der Waals surface area contributed by atoms with E-state index in [0.717, 1.165) is 0 Å². The second-order valence-electron chi connectivity index (χ2n) is 6.01. The summed E-state index contributed by atoms with van der Waals surface area (Å²) in [5, 5.41) is 5.78. The number of benzene rings is 1. The van der Waals surface area contributed by atoms with Crippen LogP contribution in [0, 0.1) is 0 Å². The second-order valence-corrected chi connectivity index (χ2v) is 6.84. The molecule has 9 heteroatoms. The summed E-state index contributed by atoms with van der Waals surface area (Å²) in [5.41, 5.74) is 0.345. The van der Waals surface area contributed by atoms with Crippen molar-refractivity contribution in [2.75, 3.05) is 13.1 Å². The fraction of sp³-hybridized carbons (Fsp3) is 0.412. The number of nitrogens with one attached hydrogen (secondary N) is 2. The molecule has 2 rings (SSSR count). The molecule has 0 saturated carbocycles. The van der Waals surface area contributed by atoms with E-state index in [1.165, 1.54) is 11.0 Å². The van der Waals surface area contributed by atoms with Gasteiger partial charge < -0.3 is 15.0 Å². The number of ether oxygens (including phenoxy) is 1. The van der Waals surface area contributed by atoms with Crippen molar-refractivity contribution in [1.82, 2.24) is 15.5 Å². The molecule has 1 heterocycles. The fourth-order valence-corrected chi connectivity index (χ4v) is 3.00. The highest BCUT2D eigenvalue weighted by molar-refractivity contribution is 7.80. The zero-order valence-corrected chi connectivity index (χ0v) is 16.0. The first-order chi connectivity index (χ1) is 12.3. The largest absolute Gasteiger partial charge is 0.463 e. The van der Waals surface area contributed by atoms with Gasteiger partial charge in [-0.1, -0.05) is 17.7 Å². The van der Waals surface area contributed by atoms with Gasteiger partial charge in [0.05, 0.1) is 12.5 Å². The first kappa shape index (κ1) is 20.1. The summed E-state index contributed by atoms with van der Waals surface area (Å²) in [4.78, 5) is 38.0. The van der Waals surface area contributed by atoms with E-state index in [1.807, 2.05) is 0 Å². The summed E-state index contributed by atoms with van der Waals surface area (Å²) in [5.74, 6) is -1.28. The highest BCUT2D eigenvalue weighted by Gasteiger charge is 2.34. The van der Waals surface area contributed by atoms with Crippen molar-refractivity contribution >= 4 is 46.7 Å². The fourth-order valence-electron chi connectivity index (χ4n) is 2.50. The Bertz CT molecular complexity index is 726. The van der Waals surface area contributed by atoms with Crippen molar-refractivity contribution in [2.45, 2.75) is 32.4 Å². The van der Waals surface area contributed by atoms with Crippen LogP contribution in [0.25, 0.3) is 0 Å². The molecule has 0 aromatic heterocycles. The number of piperazine rings is 1. The normalized spacial score (nSPS) is 16.8. The summed E-state index contributed by atoms with van der Waals surface area (Å²) in [7, 11) is 0. The maximum absolute atomic E-state index is 12.3. The predicted octanol–water partition coefficient (Wildman–Crippen LogP) is 1.50. The average Bonchev–Trinajstić information content (AvgIpc) is 2.55. The molecule has 1 aliphatic rings. The number of hydrogen-bond donors (Lipinski definition) is 2. The standard InChI is InChI=1S/C17H20ClN3O4S/c1-10(2)25-14(22)9-13-16(24)19-6-7-21(13)17(26)20-15(23)11-4-3-5-12(18)8-11/h3-5,8,10,13H,6-7,9H2,1-2H3,(H,19,24)(H,20,23,26)/t13-/m1/s1. The van der Waals surface area contributed by atoms with E-state index in [0.29, 0.717) is 23.7 Å². The molecule has 1 aromatic rings. The molecule has 26 heavy (non-hydrogen) atoms.